The average molecular weight is 244 g/mol. The van der Waals surface area contributed by atoms with Crippen LogP contribution in [0.5, 0.6) is 5.75 Å². The first-order chi connectivity index (χ1) is 7.88. The van der Waals surface area contributed by atoms with Gasteiger partial charge in [0, 0.05) is 4.98 Å². The maximum atomic E-state index is 10.6. The molecule has 0 unspecified atom stereocenters. The Morgan fingerprint density at radius 3 is 2.06 bits per heavy atom. The van der Waals surface area contributed by atoms with Gasteiger partial charge in [0.05, 0.1) is 12.0 Å². The number of nitro groups is 3. The SMILES string of the molecule is COc1c([N+](=O)[O-])cc([N+](=O)[O-])nc1[N+](=O)[O-]. The minimum absolute atomic E-state index is 0.492. The Balaban J connectivity index is 3.63. The van der Waals surface area contributed by atoms with Crippen LogP contribution in [0.25, 0.3) is 0 Å². The van der Waals surface area contributed by atoms with Crippen molar-refractivity contribution in [1.29, 1.82) is 0 Å². The van der Waals surface area contributed by atoms with Crippen molar-refractivity contribution in [2.24, 2.45) is 0 Å². The Bertz CT molecular complexity index is 478. The Labute approximate surface area is 92.1 Å². The van der Waals surface area contributed by atoms with Crippen molar-refractivity contribution in [3.63, 3.8) is 0 Å². The van der Waals surface area contributed by atoms with Gasteiger partial charge in [-0.25, -0.2) is 0 Å². The lowest BCUT2D eigenvalue weighted by molar-refractivity contribution is -0.411. The molecule has 17 heavy (non-hydrogen) atoms. The molecule has 0 atom stereocenters. The quantitative estimate of drug-likeness (QED) is 0.557. The van der Waals surface area contributed by atoms with Crippen LogP contribution >= 0.6 is 0 Å². The fourth-order valence-electron chi connectivity index (χ4n) is 1.04. The Morgan fingerprint density at radius 1 is 1.12 bits per heavy atom. The molecule has 0 aromatic carbocycles. The van der Waals surface area contributed by atoms with E-state index in [1.165, 1.54) is 0 Å². The smallest absolute Gasteiger partial charge is 0.418 e. The molecule has 0 bridgehead atoms. The van der Waals surface area contributed by atoms with Crippen LogP contribution in [-0.2, 0) is 0 Å². The maximum Gasteiger partial charge on any atom is 0.418 e. The van der Waals surface area contributed by atoms with Crippen LogP contribution in [0.1, 0.15) is 0 Å². The monoisotopic (exact) mass is 244 g/mol. The zero-order chi connectivity index (χ0) is 13.2. The van der Waals surface area contributed by atoms with Crippen molar-refractivity contribution in [1.82, 2.24) is 4.98 Å². The summed E-state index contributed by atoms with van der Waals surface area (Å²) in [6, 6.07) is 0.492. The first-order valence-corrected chi connectivity index (χ1v) is 3.90. The van der Waals surface area contributed by atoms with Gasteiger partial charge in [0.15, 0.2) is 0 Å². The number of ether oxygens (including phenoxy) is 1. The second kappa shape index (κ2) is 4.34. The highest BCUT2D eigenvalue weighted by Gasteiger charge is 2.32. The third-order valence-electron chi connectivity index (χ3n) is 1.68. The van der Waals surface area contributed by atoms with Crippen LogP contribution < -0.4 is 4.74 Å². The number of aromatic nitrogens is 1. The molecule has 0 aliphatic heterocycles. The molecule has 1 aromatic rings. The molecule has 0 N–H and O–H groups in total. The number of nitrogens with zero attached hydrogens (tertiary/aromatic N) is 4. The maximum absolute atomic E-state index is 10.6. The van der Waals surface area contributed by atoms with Gasteiger partial charge in [0.25, 0.3) is 5.75 Å². The van der Waals surface area contributed by atoms with E-state index >= 15 is 0 Å². The van der Waals surface area contributed by atoms with Gasteiger partial charge in [-0.15, -0.1) is 0 Å². The molecule has 0 amide bonds. The molecule has 11 heteroatoms. The van der Waals surface area contributed by atoms with Crippen LogP contribution in [0.2, 0.25) is 0 Å². The fraction of sp³-hybridized carbons (Fsp3) is 0.167. The van der Waals surface area contributed by atoms with E-state index in [9.17, 15) is 30.3 Å². The van der Waals surface area contributed by atoms with E-state index in [2.05, 4.69) is 9.72 Å². The fourth-order valence-corrected chi connectivity index (χ4v) is 1.04. The summed E-state index contributed by atoms with van der Waals surface area (Å²) in [5.41, 5.74) is -0.888. The summed E-state index contributed by atoms with van der Waals surface area (Å²) in [7, 11) is 0.961. The molecule has 90 valence electrons. The average Bonchev–Trinajstić information content (AvgIpc) is 2.26. The number of methoxy groups -OCH3 is 1. The molecule has 0 fully saturated rings. The van der Waals surface area contributed by atoms with Gasteiger partial charge in [-0.05, 0) is 9.85 Å². The second-order valence-corrected chi connectivity index (χ2v) is 2.63. The summed E-state index contributed by atoms with van der Waals surface area (Å²) in [5, 5.41) is 31.5. The van der Waals surface area contributed by atoms with E-state index in [-0.39, 0.29) is 0 Å². The van der Waals surface area contributed by atoms with Crippen LogP contribution in [0.3, 0.4) is 0 Å². The van der Waals surface area contributed by atoms with Crippen LogP contribution in [0.4, 0.5) is 17.3 Å². The minimum Gasteiger partial charge on any atom is -0.484 e. The largest absolute Gasteiger partial charge is 0.484 e. The Hall–Kier alpha value is -2.85. The van der Waals surface area contributed by atoms with Crippen molar-refractivity contribution < 1.29 is 19.5 Å². The Kier molecular flexibility index (Phi) is 3.12. The summed E-state index contributed by atoms with van der Waals surface area (Å²) in [4.78, 5) is 31.4. The van der Waals surface area contributed by atoms with Crippen molar-refractivity contribution in [2.75, 3.05) is 7.11 Å². The Morgan fingerprint density at radius 2 is 1.71 bits per heavy atom. The summed E-state index contributed by atoms with van der Waals surface area (Å²) in [5.74, 6) is -2.80. The van der Waals surface area contributed by atoms with Crippen molar-refractivity contribution in [3.8, 4) is 5.75 Å². The zero-order valence-corrected chi connectivity index (χ0v) is 8.22. The molecule has 0 saturated carbocycles. The van der Waals surface area contributed by atoms with E-state index in [4.69, 9.17) is 0 Å². The zero-order valence-electron chi connectivity index (χ0n) is 8.22. The van der Waals surface area contributed by atoms with Crippen LogP contribution in [-0.4, -0.2) is 26.9 Å². The van der Waals surface area contributed by atoms with Crippen LogP contribution in [0, 0.1) is 30.3 Å². The normalized spacial score (nSPS) is 9.71. The van der Waals surface area contributed by atoms with Gasteiger partial charge in [-0.1, -0.05) is 0 Å². The van der Waals surface area contributed by atoms with Crippen molar-refractivity contribution >= 4 is 17.3 Å². The highest BCUT2D eigenvalue weighted by molar-refractivity contribution is 5.59. The van der Waals surface area contributed by atoms with Gasteiger partial charge in [0.1, 0.15) is 6.07 Å². The summed E-state index contributed by atoms with van der Waals surface area (Å²) < 4.78 is 4.47. The highest BCUT2D eigenvalue weighted by Crippen LogP contribution is 2.37. The lowest BCUT2D eigenvalue weighted by atomic mass is 10.3. The predicted molar refractivity (Wildman–Crippen MR) is 50.8 cm³/mol. The number of hydrogen-bond donors (Lipinski definition) is 0. The van der Waals surface area contributed by atoms with Gasteiger partial charge in [-0.2, -0.15) is 0 Å². The standard InChI is InChI=1S/C6H4N4O7/c1-17-5-3(8(11)12)2-4(9(13)14)7-6(5)10(15)16/h2H,1H3. The molecule has 0 aliphatic carbocycles. The second-order valence-electron chi connectivity index (χ2n) is 2.63. The van der Waals surface area contributed by atoms with Gasteiger partial charge >= 0.3 is 17.3 Å². The summed E-state index contributed by atoms with van der Waals surface area (Å²) in [6.07, 6.45) is 0. The van der Waals surface area contributed by atoms with E-state index in [0.29, 0.717) is 6.07 Å². The lowest BCUT2D eigenvalue weighted by Crippen LogP contribution is -2.04. The molecule has 0 saturated heterocycles. The van der Waals surface area contributed by atoms with Gasteiger partial charge in [0.2, 0.25) is 0 Å². The molecular weight excluding hydrogens is 240 g/mol. The summed E-state index contributed by atoms with van der Waals surface area (Å²) >= 11 is 0. The van der Waals surface area contributed by atoms with Gasteiger partial charge < -0.3 is 25.0 Å². The molecular formula is C6H4N4O7. The molecule has 0 radical (unpaired) electrons. The third-order valence-corrected chi connectivity index (χ3v) is 1.68. The number of rotatable bonds is 4. The molecule has 1 rings (SSSR count). The van der Waals surface area contributed by atoms with E-state index < -0.39 is 37.8 Å². The third kappa shape index (κ3) is 2.22. The van der Waals surface area contributed by atoms with Crippen molar-refractivity contribution in [2.45, 2.75) is 0 Å². The molecule has 1 aromatic heterocycles. The first kappa shape index (κ1) is 12.2. The molecule has 0 aliphatic rings. The highest BCUT2D eigenvalue weighted by atomic mass is 16.6. The molecule has 11 nitrogen and oxygen atoms in total. The lowest BCUT2D eigenvalue weighted by Gasteiger charge is -2.02. The van der Waals surface area contributed by atoms with Crippen LogP contribution in [0.15, 0.2) is 6.07 Å². The molecule has 0 spiro atoms. The predicted octanol–water partition coefficient (Wildman–Crippen LogP) is 0.815. The number of pyridine rings is 1. The number of hydrogen-bond acceptors (Lipinski definition) is 8. The minimum atomic E-state index is -1.10. The topological polar surface area (TPSA) is 152 Å². The van der Waals surface area contributed by atoms with Crippen molar-refractivity contribution in [3.05, 3.63) is 36.4 Å². The van der Waals surface area contributed by atoms with Gasteiger partial charge in [-0.3, -0.25) is 10.1 Å². The van der Waals surface area contributed by atoms with E-state index in [0.717, 1.165) is 7.11 Å². The summed E-state index contributed by atoms with van der Waals surface area (Å²) in [6.45, 7) is 0. The molecule has 1 heterocycles. The van der Waals surface area contributed by atoms with E-state index in [1.54, 1.807) is 0 Å². The van der Waals surface area contributed by atoms with E-state index in [1.807, 2.05) is 0 Å². The first-order valence-electron chi connectivity index (χ1n) is 3.90.